The van der Waals surface area contributed by atoms with Crippen molar-refractivity contribution in [2.75, 3.05) is 19.1 Å². The van der Waals surface area contributed by atoms with Gasteiger partial charge in [0, 0.05) is 24.8 Å². The molecule has 0 unspecified atom stereocenters. The van der Waals surface area contributed by atoms with Crippen LogP contribution < -0.4 is 9.64 Å². The van der Waals surface area contributed by atoms with E-state index in [-0.39, 0.29) is 5.75 Å². The summed E-state index contributed by atoms with van der Waals surface area (Å²) in [6.07, 6.45) is 0. The maximum Gasteiger partial charge on any atom is 0.162 e. The minimum atomic E-state index is 0.214. The van der Waals surface area contributed by atoms with E-state index < -0.39 is 0 Å². The van der Waals surface area contributed by atoms with Crippen molar-refractivity contribution in [2.24, 2.45) is 0 Å². The summed E-state index contributed by atoms with van der Waals surface area (Å²) in [6.45, 7) is 4.81. The molecule has 0 radical (unpaired) electrons. The number of ether oxygens (including phenoxy) is 1. The molecule has 0 aromatic heterocycles. The number of hydrogen-bond acceptors (Lipinski definition) is 3. The summed E-state index contributed by atoms with van der Waals surface area (Å²) in [6, 6.07) is 12.0. The highest BCUT2D eigenvalue weighted by molar-refractivity contribution is 5.53. The Kier molecular flexibility index (Phi) is 4.18. The molecular formula is C17H21NO2. The predicted octanol–water partition coefficient (Wildman–Crippen LogP) is 3.65. The Morgan fingerprint density at radius 1 is 1.10 bits per heavy atom. The van der Waals surface area contributed by atoms with Crippen molar-refractivity contribution in [3.8, 4) is 11.5 Å². The van der Waals surface area contributed by atoms with Crippen molar-refractivity contribution in [3.05, 3.63) is 53.1 Å². The Balaban J connectivity index is 2.25. The summed E-state index contributed by atoms with van der Waals surface area (Å²) in [5.41, 5.74) is 4.47. The quantitative estimate of drug-likeness (QED) is 0.921. The molecule has 20 heavy (non-hydrogen) atoms. The van der Waals surface area contributed by atoms with Crippen LogP contribution in [0.3, 0.4) is 0 Å². The molecule has 0 spiro atoms. The molecule has 3 nitrogen and oxygen atoms in total. The number of anilines is 1. The van der Waals surface area contributed by atoms with Gasteiger partial charge >= 0.3 is 0 Å². The number of para-hydroxylation sites is 1. The van der Waals surface area contributed by atoms with E-state index in [1.165, 1.54) is 11.1 Å². The lowest BCUT2D eigenvalue weighted by Gasteiger charge is -2.21. The van der Waals surface area contributed by atoms with Gasteiger partial charge in [-0.15, -0.1) is 0 Å². The predicted molar refractivity (Wildman–Crippen MR) is 82.7 cm³/mol. The second-order valence-corrected chi connectivity index (χ2v) is 5.17. The van der Waals surface area contributed by atoms with Crippen LogP contribution in [-0.4, -0.2) is 19.3 Å². The van der Waals surface area contributed by atoms with Crippen LogP contribution in [0.2, 0.25) is 0 Å². The Hall–Kier alpha value is -2.16. The summed E-state index contributed by atoms with van der Waals surface area (Å²) < 4.78 is 5.14. The smallest absolute Gasteiger partial charge is 0.162 e. The number of hydrogen-bond donors (Lipinski definition) is 1. The molecule has 0 heterocycles. The van der Waals surface area contributed by atoms with Gasteiger partial charge in [-0.3, -0.25) is 0 Å². The summed E-state index contributed by atoms with van der Waals surface area (Å²) >= 11 is 0. The molecule has 0 bridgehead atoms. The largest absolute Gasteiger partial charge is 0.504 e. The number of benzene rings is 2. The Bertz CT molecular complexity index is 588. The fourth-order valence-corrected chi connectivity index (χ4v) is 2.38. The van der Waals surface area contributed by atoms with Crippen LogP contribution in [-0.2, 0) is 6.54 Å². The highest BCUT2D eigenvalue weighted by Crippen LogP contribution is 2.31. The zero-order valence-corrected chi connectivity index (χ0v) is 12.5. The third kappa shape index (κ3) is 3.05. The lowest BCUT2D eigenvalue weighted by atomic mass is 10.1. The number of methoxy groups -OCH3 is 1. The van der Waals surface area contributed by atoms with Gasteiger partial charge in [-0.1, -0.05) is 18.2 Å². The zero-order valence-electron chi connectivity index (χ0n) is 12.5. The highest BCUT2D eigenvalue weighted by Gasteiger charge is 2.10. The molecule has 0 aliphatic carbocycles. The van der Waals surface area contributed by atoms with Crippen molar-refractivity contribution in [1.82, 2.24) is 0 Å². The van der Waals surface area contributed by atoms with Gasteiger partial charge in [0.1, 0.15) is 0 Å². The fraction of sp³-hybridized carbons (Fsp3) is 0.294. The van der Waals surface area contributed by atoms with Gasteiger partial charge in [-0.05, 0) is 43.2 Å². The summed E-state index contributed by atoms with van der Waals surface area (Å²) in [4.78, 5) is 2.12. The van der Waals surface area contributed by atoms with Crippen molar-refractivity contribution < 1.29 is 9.84 Å². The van der Waals surface area contributed by atoms with E-state index in [0.717, 1.165) is 11.3 Å². The van der Waals surface area contributed by atoms with Gasteiger partial charge in [-0.25, -0.2) is 0 Å². The molecule has 106 valence electrons. The lowest BCUT2D eigenvalue weighted by molar-refractivity contribution is 0.370. The second-order valence-electron chi connectivity index (χ2n) is 5.17. The average molecular weight is 271 g/mol. The number of phenols is 1. The van der Waals surface area contributed by atoms with Gasteiger partial charge in [0.25, 0.3) is 0 Å². The Labute approximate surface area is 120 Å². The first-order chi connectivity index (χ1) is 9.51. The maximum atomic E-state index is 10.1. The molecule has 0 aliphatic rings. The van der Waals surface area contributed by atoms with Crippen LogP contribution in [0.25, 0.3) is 0 Å². The molecule has 0 aliphatic heterocycles. The van der Waals surface area contributed by atoms with Crippen LogP contribution in [0.4, 0.5) is 5.69 Å². The van der Waals surface area contributed by atoms with E-state index in [2.05, 4.69) is 36.9 Å². The van der Waals surface area contributed by atoms with E-state index in [4.69, 9.17) is 4.74 Å². The van der Waals surface area contributed by atoms with Crippen LogP contribution >= 0.6 is 0 Å². The van der Waals surface area contributed by atoms with E-state index in [1.54, 1.807) is 13.2 Å². The summed E-state index contributed by atoms with van der Waals surface area (Å²) in [5, 5.41) is 10.1. The lowest BCUT2D eigenvalue weighted by Crippen LogP contribution is -2.16. The first-order valence-corrected chi connectivity index (χ1v) is 6.65. The molecule has 0 saturated carbocycles. The van der Waals surface area contributed by atoms with E-state index in [1.807, 2.05) is 19.2 Å². The zero-order chi connectivity index (χ0) is 14.7. The average Bonchev–Trinajstić information content (AvgIpc) is 2.40. The first kappa shape index (κ1) is 14.3. The van der Waals surface area contributed by atoms with Crippen LogP contribution in [0, 0.1) is 13.8 Å². The van der Waals surface area contributed by atoms with Gasteiger partial charge in [0.05, 0.1) is 7.11 Å². The molecule has 1 N–H and O–H groups in total. The normalized spacial score (nSPS) is 10.4. The van der Waals surface area contributed by atoms with Gasteiger partial charge < -0.3 is 14.7 Å². The van der Waals surface area contributed by atoms with Crippen molar-refractivity contribution in [3.63, 3.8) is 0 Å². The van der Waals surface area contributed by atoms with Crippen molar-refractivity contribution >= 4 is 5.69 Å². The Morgan fingerprint density at radius 2 is 1.75 bits per heavy atom. The van der Waals surface area contributed by atoms with Gasteiger partial charge in [0.15, 0.2) is 11.5 Å². The molecule has 0 amide bonds. The minimum Gasteiger partial charge on any atom is -0.504 e. The number of nitrogens with zero attached hydrogens (tertiary/aromatic N) is 1. The number of aryl methyl sites for hydroxylation is 2. The van der Waals surface area contributed by atoms with Crippen LogP contribution in [0.5, 0.6) is 11.5 Å². The standard InChI is InChI=1S/C17H21NO2/c1-12-8-13(2)10-15(9-12)18(3)11-14-6-5-7-16(20-4)17(14)19/h5-10,19H,11H2,1-4H3. The second kappa shape index (κ2) is 5.87. The monoisotopic (exact) mass is 271 g/mol. The van der Waals surface area contributed by atoms with Crippen LogP contribution in [0.1, 0.15) is 16.7 Å². The molecule has 2 aromatic carbocycles. The summed E-state index contributed by atoms with van der Waals surface area (Å²) in [5.74, 6) is 0.725. The topological polar surface area (TPSA) is 32.7 Å². The van der Waals surface area contributed by atoms with E-state index in [9.17, 15) is 5.11 Å². The molecule has 0 fully saturated rings. The first-order valence-electron chi connectivity index (χ1n) is 6.65. The Morgan fingerprint density at radius 3 is 2.35 bits per heavy atom. The molecule has 2 aromatic rings. The maximum absolute atomic E-state index is 10.1. The highest BCUT2D eigenvalue weighted by atomic mass is 16.5. The van der Waals surface area contributed by atoms with Gasteiger partial charge in [0.2, 0.25) is 0 Å². The fourth-order valence-electron chi connectivity index (χ4n) is 2.38. The summed E-state index contributed by atoms with van der Waals surface area (Å²) in [7, 11) is 3.58. The number of phenolic OH excluding ortho intramolecular Hbond substituents is 1. The minimum absolute atomic E-state index is 0.214. The van der Waals surface area contributed by atoms with Gasteiger partial charge in [-0.2, -0.15) is 0 Å². The van der Waals surface area contributed by atoms with Crippen LogP contribution in [0.15, 0.2) is 36.4 Å². The van der Waals surface area contributed by atoms with Crippen molar-refractivity contribution in [2.45, 2.75) is 20.4 Å². The molecule has 0 atom stereocenters. The molecule has 2 rings (SSSR count). The SMILES string of the molecule is COc1cccc(CN(C)c2cc(C)cc(C)c2)c1O. The molecular weight excluding hydrogens is 250 g/mol. The third-order valence-electron chi connectivity index (χ3n) is 3.36. The third-order valence-corrected chi connectivity index (χ3v) is 3.36. The molecule has 3 heteroatoms. The number of aromatic hydroxyl groups is 1. The van der Waals surface area contributed by atoms with Crippen molar-refractivity contribution in [1.29, 1.82) is 0 Å². The van der Waals surface area contributed by atoms with E-state index in [0.29, 0.717) is 12.3 Å². The number of rotatable bonds is 4. The molecule has 0 saturated heterocycles. The van der Waals surface area contributed by atoms with E-state index >= 15 is 0 Å².